The number of rotatable bonds is 5. The fourth-order valence-corrected chi connectivity index (χ4v) is 3.17. The van der Waals surface area contributed by atoms with Crippen molar-refractivity contribution in [1.29, 1.82) is 0 Å². The van der Waals surface area contributed by atoms with E-state index in [1.807, 2.05) is 42.5 Å². The quantitative estimate of drug-likeness (QED) is 0.842. The Morgan fingerprint density at radius 3 is 2.48 bits per heavy atom. The average Bonchev–Trinajstić information content (AvgIpc) is 3.03. The lowest BCUT2D eigenvalue weighted by Crippen LogP contribution is -2.45. The predicted molar refractivity (Wildman–Crippen MR) is 96.4 cm³/mol. The highest BCUT2D eigenvalue weighted by molar-refractivity contribution is 6.03. The molecule has 5 heteroatoms. The van der Waals surface area contributed by atoms with E-state index in [0.717, 1.165) is 17.0 Å². The molecule has 5 nitrogen and oxygen atoms in total. The molecule has 0 saturated carbocycles. The fraction of sp³-hybridized carbons (Fsp3) is 0.300. The zero-order chi connectivity index (χ0) is 17.8. The lowest BCUT2D eigenvalue weighted by Gasteiger charge is -2.28. The van der Waals surface area contributed by atoms with E-state index in [4.69, 9.17) is 4.74 Å². The first-order valence-corrected chi connectivity index (χ1v) is 8.35. The lowest BCUT2D eigenvalue weighted by molar-refractivity contribution is -0.132. The SMILES string of the molecule is COc1ccc(N2C(=O)CCC2C(=O)N(C)Cc2ccccc2)cc1. The van der Waals surface area contributed by atoms with E-state index in [-0.39, 0.29) is 11.8 Å². The number of hydrogen-bond donors (Lipinski definition) is 0. The van der Waals surface area contributed by atoms with Crippen LogP contribution >= 0.6 is 0 Å². The Kier molecular flexibility index (Phi) is 5.03. The van der Waals surface area contributed by atoms with Gasteiger partial charge in [-0.05, 0) is 36.2 Å². The van der Waals surface area contributed by atoms with Gasteiger partial charge in [0.25, 0.3) is 0 Å². The van der Waals surface area contributed by atoms with E-state index in [0.29, 0.717) is 19.4 Å². The Bertz CT molecular complexity index is 743. The van der Waals surface area contributed by atoms with Gasteiger partial charge in [0.2, 0.25) is 11.8 Å². The molecule has 130 valence electrons. The minimum absolute atomic E-state index is 0.0170. The zero-order valence-corrected chi connectivity index (χ0v) is 14.5. The van der Waals surface area contributed by atoms with Gasteiger partial charge in [-0.3, -0.25) is 14.5 Å². The highest BCUT2D eigenvalue weighted by Gasteiger charge is 2.38. The second kappa shape index (κ2) is 7.38. The molecule has 3 rings (SSSR count). The first-order chi connectivity index (χ1) is 12.1. The molecule has 2 aromatic carbocycles. The number of hydrogen-bond acceptors (Lipinski definition) is 3. The molecule has 25 heavy (non-hydrogen) atoms. The van der Waals surface area contributed by atoms with Gasteiger partial charge in [-0.25, -0.2) is 0 Å². The van der Waals surface area contributed by atoms with Crippen molar-refractivity contribution in [2.24, 2.45) is 0 Å². The van der Waals surface area contributed by atoms with Crippen molar-refractivity contribution in [2.75, 3.05) is 19.1 Å². The molecule has 2 aromatic rings. The summed E-state index contributed by atoms with van der Waals surface area (Å²) in [6, 6.07) is 16.6. The van der Waals surface area contributed by atoms with Crippen LogP contribution in [-0.4, -0.2) is 36.9 Å². The number of methoxy groups -OCH3 is 1. The number of anilines is 1. The van der Waals surface area contributed by atoms with Crippen LogP contribution in [0, 0.1) is 0 Å². The van der Waals surface area contributed by atoms with Gasteiger partial charge in [-0.1, -0.05) is 30.3 Å². The molecule has 0 radical (unpaired) electrons. The molecule has 1 fully saturated rings. The maximum absolute atomic E-state index is 12.9. The summed E-state index contributed by atoms with van der Waals surface area (Å²) in [7, 11) is 3.38. The van der Waals surface area contributed by atoms with Gasteiger partial charge < -0.3 is 9.64 Å². The Balaban J connectivity index is 1.76. The molecule has 1 atom stereocenters. The molecule has 0 spiro atoms. The van der Waals surface area contributed by atoms with E-state index >= 15 is 0 Å². The molecule has 0 N–H and O–H groups in total. The van der Waals surface area contributed by atoms with Crippen LogP contribution in [-0.2, 0) is 16.1 Å². The third-order valence-corrected chi connectivity index (χ3v) is 4.49. The second-order valence-electron chi connectivity index (χ2n) is 6.20. The van der Waals surface area contributed by atoms with Crippen molar-refractivity contribution in [3.63, 3.8) is 0 Å². The minimum atomic E-state index is -0.449. The van der Waals surface area contributed by atoms with Crippen molar-refractivity contribution in [1.82, 2.24) is 4.90 Å². The van der Waals surface area contributed by atoms with Gasteiger partial charge >= 0.3 is 0 Å². The van der Waals surface area contributed by atoms with Crippen LogP contribution < -0.4 is 9.64 Å². The van der Waals surface area contributed by atoms with Crippen molar-refractivity contribution in [3.05, 3.63) is 60.2 Å². The highest BCUT2D eigenvalue weighted by atomic mass is 16.5. The van der Waals surface area contributed by atoms with Gasteiger partial charge in [0.1, 0.15) is 11.8 Å². The summed E-state index contributed by atoms with van der Waals surface area (Å²) in [5, 5.41) is 0. The standard InChI is InChI=1S/C20H22N2O3/c1-21(14-15-6-4-3-5-7-15)20(24)18-12-13-19(23)22(18)16-8-10-17(25-2)11-9-16/h3-11,18H,12-14H2,1-2H3. The molecule has 1 heterocycles. The maximum Gasteiger partial charge on any atom is 0.245 e. The number of carbonyl (C=O) groups excluding carboxylic acids is 2. The Hall–Kier alpha value is -2.82. The maximum atomic E-state index is 12.9. The topological polar surface area (TPSA) is 49.9 Å². The molecule has 1 aliphatic rings. The number of amides is 2. The summed E-state index contributed by atoms with van der Waals surface area (Å²) in [5.74, 6) is 0.668. The van der Waals surface area contributed by atoms with Crippen molar-refractivity contribution < 1.29 is 14.3 Å². The van der Waals surface area contributed by atoms with E-state index in [2.05, 4.69) is 0 Å². The Morgan fingerprint density at radius 2 is 1.84 bits per heavy atom. The van der Waals surface area contributed by atoms with Crippen LogP contribution in [0.5, 0.6) is 5.75 Å². The van der Waals surface area contributed by atoms with Crippen molar-refractivity contribution >= 4 is 17.5 Å². The molecule has 1 unspecified atom stereocenters. The average molecular weight is 338 g/mol. The summed E-state index contributed by atoms with van der Waals surface area (Å²) in [6.07, 6.45) is 0.935. The lowest BCUT2D eigenvalue weighted by atomic mass is 10.1. The molecular weight excluding hydrogens is 316 g/mol. The summed E-state index contributed by atoms with van der Waals surface area (Å²) in [6.45, 7) is 0.529. The van der Waals surface area contributed by atoms with Gasteiger partial charge in [0.15, 0.2) is 0 Å². The van der Waals surface area contributed by atoms with Gasteiger partial charge in [-0.2, -0.15) is 0 Å². The number of ether oxygens (including phenoxy) is 1. The van der Waals surface area contributed by atoms with Crippen LogP contribution in [0.25, 0.3) is 0 Å². The number of nitrogens with zero attached hydrogens (tertiary/aromatic N) is 2. The smallest absolute Gasteiger partial charge is 0.245 e. The largest absolute Gasteiger partial charge is 0.497 e. The molecule has 1 aliphatic heterocycles. The van der Waals surface area contributed by atoms with Crippen molar-refractivity contribution in [2.45, 2.75) is 25.4 Å². The van der Waals surface area contributed by atoms with Gasteiger partial charge in [0.05, 0.1) is 7.11 Å². The normalized spacial score (nSPS) is 16.8. The molecule has 2 amide bonds. The Morgan fingerprint density at radius 1 is 1.16 bits per heavy atom. The van der Waals surface area contributed by atoms with E-state index < -0.39 is 6.04 Å². The highest BCUT2D eigenvalue weighted by Crippen LogP contribution is 2.29. The molecule has 0 aromatic heterocycles. The monoisotopic (exact) mass is 338 g/mol. The summed E-state index contributed by atoms with van der Waals surface area (Å²) >= 11 is 0. The Labute approximate surface area is 147 Å². The van der Waals surface area contributed by atoms with Crippen molar-refractivity contribution in [3.8, 4) is 5.75 Å². The molecular formula is C20H22N2O3. The van der Waals surface area contributed by atoms with Crippen LogP contribution in [0.2, 0.25) is 0 Å². The third-order valence-electron chi connectivity index (χ3n) is 4.49. The van der Waals surface area contributed by atoms with E-state index in [9.17, 15) is 9.59 Å². The van der Waals surface area contributed by atoms with Crippen LogP contribution in [0.3, 0.4) is 0 Å². The van der Waals surface area contributed by atoms with Crippen LogP contribution in [0.15, 0.2) is 54.6 Å². The third kappa shape index (κ3) is 3.65. The first-order valence-electron chi connectivity index (χ1n) is 8.35. The minimum Gasteiger partial charge on any atom is -0.497 e. The predicted octanol–water partition coefficient (Wildman–Crippen LogP) is 2.85. The number of likely N-dealkylation sites (N-methyl/N-ethyl adjacent to an activating group) is 1. The summed E-state index contributed by atoms with van der Waals surface area (Å²) in [5.41, 5.74) is 1.80. The zero-order valence-electron chi connectivity index (χ0n) is 14.5. The molecule has 1 saturated heterocycles. The molecule has 0 bridgehead atoms. The van der Waals surface area contributed by atoms with Crippen LogP contribution in [0.4, 0.5) is 5.69 Å². The van der Waals surface area contributed by atoms with Gasteiger partial charge in [-0.15, -0.1) is 0 Å². The first kappa shape index (κ1) is 17.0. The summed E-state index contributed by atoms with van der Waals surface area (Å²) in [4.78, 5) is 28.6. The van der Waals surface area contributed by atoms with E-state index in [1.165, 1.54) is 0 Å². The fourth-order valence-electron chi connectivity index (χ4n) is 3.17. The van der Waals surface area contributed by atoms with Crippen LogP contribution in [0.1, 0.15) is 18.4 Å². The summed E-state index contributed by atoms with van der Waals surface area (Å²) < 4.78 is 5.16. The van der Waals surface area contributed by atoms with E-state index in [1.54, 1.807) is 36.1 Å². The number of carbonyl (C=O) groups is 2. The number of benzene rings is 2. The molecule has 0 aliphatic carbocycles. The second-order valence-corrected chi connectivity index (χ2v) is 6.20. The van der Waals surface area contributed by atoms with Gasteiger partial charge in [0, 0.05) is 25.7 Å².